The van der Waals surface area contributed by atoms with Gasteiger partial charge in [-0.15, -0.1) is 11.6 Å². The first kappa shape index (κ1) is 11.9. The summed E-state index contributed by atoms with van der Waals surface area (Å²) in [4.78, 5) is 11.3. The Morgan fingerprint density at radius 1 is 1.47 bits per heavy atom. The highest BCUT2D eigenvalue weighted by atomic mass is 35.5. The predicted octanol–water partition coefficient (Wildman–Crippen LogP) is 3.17. The van der Waals surface area contributed by atoms with Crippen LogP contribution in [-0.2, 0) is 4.74 Å². The standard InChI is InChI=1S/C11H14ClNO2/c1-8-3-5-10(6-4-8)13-11(14)15-9(2)7-12/h3-6,9H,7H2,1-2H3,(H,13,14). The van der Waals surface area contributed by atoms with Crippen LogP contribution < -0.4 is 5.32 Å². The molecule has 0 spiro atoms. The number of carbonyl (C=O) groups excluding carboxylic acids is 1. The zero-order valence-corrected chi connectivity index (χ0v) is 9.54. The van der Waals surface area contributed by atoms with Crippen LogP contribution in [0.5, 0.6) is 0 Å². The number of nitrogens with one attached hydrogen (secondary N) is 1. The third kappa shape index (κ3) is 4.21. The number of hydrogen-bond acceptors (Lipinski definition) is 2. The lowest BCUT2D eigenvalue weighted by molar-refractivity contribution is 0.131. The Balaban J connectivity index is 2.48. The van der Waals surface area contributed by atoms with Crippen molar-refractivity contribution in [1.29, 1.82) is 0 Å². The predicted molar refractivity (Wildman–Crippen MR) is 61.5 cm³/mol. The van der Waals surface area contributed by atoms with E-state index in [2.05, 4.69) is 5.32 Å². The molecule has 15 heavy (non-hydrogen) atoms. The summed E-state index contributed by atoms with van der Waals surface area (Å²) in [5.74, 6) is 0.293. The van der Waals surface area contributed by atoms with E-state index in [1.54, 1.807) is 6.92 Å². The lowest BCUT2D eigenvalue weighted by Crippen LogP contribution is -2.21. The number of ether oxygens (including phenoxy) is 1. The fourth-order valence-electron chi connectivity index (χ4n) is 0.998. The summed E-state index contributed by atoms with van der Waals surface area (Å²) in [6.07, 6.45) is -0.760. The highest BCUT2D eigenvalue weighted by Crippen LogP contribution is 2.09. The van der Waals surface area contributed by atoms with E-state index in [9.17, 15) is 4.79 Å². The fourth-order valence-corrected chi connectivity index (χ4v) is 1.06. The first-order valence-electron chi connectivity index (χ1n) is 4.72. The molecule has 1 amide bonds. The molecule has 3 nitrogen and oxygen atoms in total. The molecule has 0 fully saturated rings. The highest BCUT2D eigenvalue weighted by Gasteiger charge is 2.07. The first-order valence-corrected chi connectivity index (χ1v) is 5.25. The minimum atomic E-state index is -0.480. The number of hydrogen-bond donors (Lipinski definition) is 1. The van der Waals surface area contributed by atoms with Gasteiger partial charge < -0.3 is 4.74 Å². The van der Waals surface area contributed by atoms with Gasteiger partial charge in [0.2, 0.25) is 0 Å². The summed E-state index contributed by atoms with van der Waals surface area (Å²) in [6, 6.07) is 7.48. The minimum Gasteiger partial charge on any atom is -0.445 e. The number of anilines is 1. The maximum Gasteiger partial charge on any atom is 0.411 e. The Morgan fingerprint density at radius 3 is 2.60 bits per heavy atom. The Labute approximate surface area is 94.4 Å². The monoisotopic (exact) mass is 227 g/mol. The van der Waals surface area contributed by atoms with Crippen molar-refractivity contribution in [3.63, 3.8) is 0 Å². The van der Waals surface area contributed by atoms with Gasteiger partial charge in [0.15, 0.2) is 0 Å². The van der Waals surface area contributed by atoms with Crippen molar-refractivity contribution in [2.24, 2.45) is 0 Å². The van der Waals surface area contributed by atoms with Gasteiger partial charge in [-0.1, -0.05) is 17.7 Å². The summed E-state index contributed by atoms with van der Waals surface area (Å²) in [6.45, 7) is 3.72. The number of carbonyl (C=O) groups is 1. The van der Waals surface area contributed by atoms with Crippen molar-refractivity contribution in [3.05, 3.63) is 29.8 Å². The molecule has 0 aliphatic rings. The summed E-state index contributed by atoms with van der Waals surface area (Å²) >= 11 is 5.51. The third-order valence-corrected chi connectivity index (χ3v) is 2.26. The molecule has 82 valence electrons. The minimum absolute atomic E-state index is 0.280. The molecule has 0 saturated carbocycles. The Bertz CT molecular complexity index is 324. The lowest BCUT2D eigenvalue weighted by atomic mass is 10.2. The molecular formula is C11H14ClNO2. The molecule has 1 aromatic carbocycles. The smallest absolute Gasteiger partial charge is 0.411 e. The van der Waals surface area contributed by atoms with Crippen LogP contribution >= 0.6 is 11.6 Å². The molecule has 0 aliphatic heterocycles. The molecule has 0 radical (unpaired) electrons. The van der Waals surface area contributed by atoms with Gasteiger partial charge >= 0.3 is 6.09 Å². The average molecular weight is 228 g/mol. The second-order valence-electron chi connectivity index (χ2n) is 3.36. The van der Waals surface area contributed by atoms with Gasteiger partial charge in [0.25, 0.3) is 0 Å². The molecule has 1 N–H and O–H groups in total. The van der Waals surface area contributed by atoms with E-state index in [1.165, 1.54) is 0 Å². The van der Waals surface area contributed by atoms with Crippen LogP contribution in [0.3, 0.4) is 0 Å². The van der Waals surface area contributed by atoms with E-state index < -0.39 is 6.09 Å². The molecule has 0 aromatic heterocycles. The van der Waals surface area contributed by atoms with Gasteiger partial charge in [-0.25, -0.2) is 4.79 Å². The van der Waals surface area contributed by atoms with Crippen molar-refractivity contribution in [1.82, 2.24) is 0 Å². The normalized spacial score (nSPS) is 11.9. The van der Waals surface area contributed by atoms with Crippen molar-refractivity contribution >= 4 is 23.4 Å². The zero-order chi connectivity index (χ0) is 11.3. The van der Waals surface area contributed by atoms with E-state index in [-0.39, 0.29) is 6.10 Å². The number of benzene rings is 1. The van der Waals surface area contributed by atoms with E-state index in [1.807, 2.05) is 31.2 Å². The molecular weight excluding hydrogens is 214 g/mol. The highest BCUT2D eigenvalue weighted by molar-refractivity contribution is 6.18. The third-order valence-electron chi connectivity index (χ3n) is 1.82. The molecule has 0 saturated heterocycles. The van der Waals surface area contributed by atoms with Crippen LogP contribution in [-0.4, -0.2) is 18.1 Å². The van der Waals surface area contributed by atoms with E-state index in [0.29, 0.717) is 11.6 Å². The summed E-state index contributed by atoms with van der Waals surface area (Å²) in [7, 11) is 0. The summed E-state index contributed by atoms with van der Waals surface area (Å²) in [5.41, 5.74) is 1.86. The molecule has 1 atom stereocenters. The number of halogens is 1. The van der Waals surface area contributed by atoms with Crippen LogP contribution in [0.2, 0.25) is 0 Å². The molecule has 0 aliphatic carbocycles. The Hall–Kier alpha value is -1.22. The second-order valence-corrected chi connectivity index (χ2v) is 3.67. The Morgan fingerprint density at radius 2 is 2.07 bits per heavy atom. The van der Waals surface area contributed by atoms with Crippen LogP contribution in [0, 0.1) is 6.92 Å². The molecule has 1 rings (SSSR count). The molecule has 0 bridgehead atoms. The van der Waals surface area contributed by atoms with E-state index >= 15 is 0 Å². The SMILES string of the molecule is Cc1ccc(NC(=O)OC(C)CCl)cc1. The second kappa shape index (κ2) is 5.61. The van der Waals surface area contributed by atoms with Gasteiger partial charge in [-0.05, 0) is 26.0 Å². The quantitative estimate of drug-likeness (QED) is 0.806. The van der Waals surface area contributed by atoms with Gasteiger partial charge in [-0.2, -0.15) is 0 Å². The maximum atomic E-state index is 11.3. The Kier molecular flexibility index (Phi) is 4.43. The van der Waals surface area contributed by atoms with Crippen molar-refractivity contribution in [2.45, 2.75) is 20.0 Å². The van der Waals surface area contributed by atoms with Crippen molar-refractivity contribution in [3.8, 4) is 0 Å². The number of alkyl halides is 1. The largest absolute Gasteiger partial charge is 0.445 e. The van der Waals surface area contributed by atoms with Gasteiger partial charge in [0, 0.05) is 5.69 Å². The lowest BCUT2D eigenvalue weighted by Gasteiger charge is -2.10. The van der Waals surface area contributed by atoms with Gasteiger partial charge in [0.05, 0.1) is 5.88 Å². The number of rotatable bonds is 3. The molecule has 1 aromatic rings. The van der Waals surface area contributed by atoms with Gasteiger partial charge in [0.1, 0.15) is 6.10 Å². The topological polar surface area (TPSA) is 38.3 Å². The van der Waals surface area contributed by atoms with E-state index in [4.69, 9.17) is 16.3 Å². The van der Waals surface area contributed by atoms with Crippen LogP contribution in [0.25, 0.3) is 0 Å². The van der Waals surface area contributed by atoms with Crippen LogP contribution in [0.4, 0.5) is 10.5 Å². The summed E-state index contributed by atoms with van der Waals surface area (Å²) in [5, 5.41) is 2.61. The van der Waals surface area contributed by atoms with Crippen molar-refractivity contribution in [2.75, 3.05) is 11.2 Å². The molecule has 0 heterocycles. The van der Waals surface area contributed by atoms with Crippen LogP contribution in [0.15, 0.2) is 24.3 Å². The molecule has 4 heteroatoms. The first-order chi connectivity index (χ1) is 7.11. The van der Waals surface area contributed by atoms with Crippen molar-refractivity contribution < 1.29 is 9.53 Å². The average Bonchev–Trinajstić information content (AvgIpc) is 2.21. The van der Waals surface area contributed by atoms with Crippen LogP contribution in [0.1, 0.15) is 12.5 Å². The maximum absolute atomic E-state index is 11.3. The molecule has 1 unspecified atom stereocenters. The van der Waals surface area contributed by atoms with Gasteiger partial charge in [-0.3, -0.25) is 5.32 Å². The van der Waals surface area contributed by atoms with E-state index in [0.717, 1.165) is 5.56 Å². The number of amides is 1. The fraction of sp³-hybridized carbons (Fsp3) is 0.364. The zero-order valence-electron chi connectivity index (χ0n) is 8.79. The number of aryl methyl sites for hydroxylation is 1. The summed E-state index contributed by atoms with van der Waals surface area (Å²) < 4.78 is 4.95.